The third-order valence-electron chi connectivity index (χ3n) is 3.07. The molecule has 0 bridgehead atoms. The second-order valence-corrected chi connectivity index (χ2v) is 5.16. The first-order chi connectivity index (χ1) is 10.1. The average molecular weight is 301 g/mol. The first-order valence-corrected chi connectivity index (χ1v) is 6.87. The smallest absolute Gasteiger partial charge is 0.251 e. The largest absolute Gasteiger partial charge is 0.420 e. The quantitative estimate of drug-likeness (QED) is 0.742. The van der Waals surface area contributed by atoms with Crippen LogP contribution in [0.2, 0.25) is 5.02 Å². The summed E-state index contributed by atoms with van der Waals surface area (Å²) in [4.78, 5) is 8.47. The van der Waals surface area contributed by atoms with Crippen molar-refractivity contribution in [2.45, 2.75) is 20.3 Å². The highest BCUT2D eigenvalue weighted by molar-refractivity contribution is 6.30. The van der Waals surface area contributed by atoms with Crippen molar-refractivity contribution in [3.8, 4) is 11.5 Å². The lowest BCUT2D eigenvalue weighted by atomic mass is 10.1. The first kappa shape index (κ1) is 13.7. The normalized spacial score (nSPS) is 10.8. The van der Waals surface area contributed by atoms with E-state index < -0.39 is 0 Å². The summed E-state index contributed by atoms with van der Waals surface area (Å²) in [6.07, 6.45) is 2.27. The van der Waals surface area contributed by atoms with Gasteiger partial charge in [-0.05, 0) is 31.5 Å². The Morgan fingerprint density at radius 3 is 2.57 bits per heavy atom. The zero-order chi connectivity index (χ0) is 14.8. The minimum atomic E-state index is 0.441. The molecular weight excluding hydrogens is 288 g/mol. The predicted octanol–water partition coefficient (Wildman–Crippen LogP) is 3.39. The fraction of sp³-hybridized carbons (Fsp3) is 0.200. The van der Waals surface area contributed by atoms with Gasteiger partial charge in [-0.15, -0.1) is 10.2 Å². The van der Waals surface area contributed by atoms with Crippen LogP contribution in [0, 0.1) is 13.8 Å². The summed E-state index contributed by atoms with van der Waals surface area (Å²) in [7, 11) is 0. The zero-order valence-corrected chi connectivity index (χ0v) is 12.4. The summed E-state index contributed by atoms with van der Waals surface area (Å²) in [5, 5.41) is 8.84. The first-order valence-electron chi connectivity index (χ1n) is 6.49. The number of hydrogen-bond donors (Lipinski definition) is 0. The molecule has 0 unspecified atom stereocenters. The van der Waals surface area contributed by atoms with E-state index in [1.54, 1.807) is 6.20 Å². The van der Waals surface area contributed by atoms with Gasteiger partial charge in [-0.3, -0.25) is 0 Å². The second-order valence-electron chi connectivity index (χ2n) is 4.72. The zero-order valence-electron chi connectivity index (χ0n) is 11.7. The minimum Gasteiger partial charge on any atom is -0.420 e. The van der Waals surface area contributed by atoms with E-state index in [9.17, 15) is 0 Å². The molecule has 3 aromatic rings. The van der Waals surface area contributed by atoms with Crippen LogP contribution >= 0.6 is 11.6 Å². The van der Waals surface area contributed by atoms with Crippen molar-refractivity contribution in [3.63, 3.8) is 0 Å². The molecule has 0 saturated heterocycles. The maximum Gasteiger partial charge on any atom is 0.251 e. The number of hydrogen-bond acceptors (Lipinski definition) is 5. The molecule has 5 nitrogen and oxygen atoms in total. The van der Waals surface area contributed by atoms with E-state index in [1.165, 1.54) is 0 Å². The summed E-state index contributed by atoms with van der Waals surface area (Å²) in [6.45, 7) is 3.74. The van der Waals surface area contributed by atoms with Crippen LogP contribution in [-0.4, -0.2) is 20.2 Å². The molecule has 2 aromatic heterocycles. The fourth-order valence-electron chi connectivity index (χ4n) is 2.00. The van der Waals surface area contributed by atoms with Crippen molar-refractivity contribution in [1.82, 2.24) is 20.2 Å². The molecule has 3 rings (SSSR count). The highest BCUT2D eigenvalue weighted by atomic mass is 35.5. The molecule has 0 aliphatic carbocycles. The van der Waals surface area contributed by atoms with Crippen LogP contribution in [0.3, 0.4) is 0 Å². The van der Waals surface area contributed by atoms with Gasteiger partial charge in [0.25, 0.3) is 5.89 Å². The van der Waals surface area contributed by atoms with Gasteiger partial charge in [0.05, 0.1) is 17.7 Å². The summed E-state index contributed by atoms with van der Waals surface area (Å²) < 4.78 is 5.69. The Morgan fingerprint density at radius 1 is 1.10 bits per heavy atom. The van der Waals surface area contributed by atoms with Crippen LogP contribution in [0.5, 0.6) is 0 Å². The van der Waals surface area contributed by atoms with Gasteiger partial charge in [0, 0.05) is 11.2 Å². The molecule has 0 radical (unpaired) electrons. The molecule has 0 atom stereocenters. The number of rotatable bonds is 3. The van der Waals surface area contributed by atoms with E-state index in [0.717, 1.165) is 22.6 Å². The third kappa shape index (κ3) is 3.08. The summed E-state index contributed by atoms with van der Waals surface area (Å²) in [5.74, 6) is 1.71. The molecule has 0 amide bonds. The number of halogens is 1. The van der Waals surface area contributed by atoms with Crippen molar-refractivity contribution < 1.29 is 4.42 Å². The second kappa shape index (κ2) is 5.61. The predicted molar refractivity (Wildman–Crippen MR) is 79.1 cm³/mol. The molecule has 0 saturated carbocycles. The van der Waals surface area contributed by atoms with E-state index in [-0.39, 0.29) is 0 Å². The highest BCUT2D eigenvalue weighted by Gasteiger charge is 2.12. The Balaban J connectivity index is 1.84. The van der Waals surface area contributed by atoms with Gasteiger partial charge in [0.2, 0.25) is 5.89 Å². The summed E-state index contributed by atoms with van der Waals surface area (Å²) in [6, 6.07) is 7.55. The number of aromatic nitrogens is 4. The van der Waals surface area contributed by atoms with Gasteiger partial charge in [-0.1, -0.05) is 23.7 Å². The lowest BCUT2D eigenvalue weighted by molar-refractivity contribution is 0.517. The molecule has 1 aromatic carbocycles. The van der Waals surface area contributed by atoms with Gasteiger partial charge in [0.15, 0.2) is 0 Å². The van der Waals surface area contributed by atoms with Crippen LogP contribution in [-0.2, 0) is 6.42 Å². The average Bonchev–Trinajstić information content (AvgIpc) is 2.90. The van der Waals surface area contributed by atoms with Crippen LogP contribution in [0.1, 0.15) is 23.0 Å². The molecule has 0 aliphatic rings. The minimum absolute atomic E-state index is 0.441. The van der Waals surface area contributed by atoms with Crippen LogP contribution in [0.4, 0.5) is 0 Å². The van der Waals surface area contributed by atoms with Gasteiger partial charge in [0.1, 0.15) is 5.82 Å². The Kier molecular flexibility index (Phi) is 3.66. The Morgan fingerprint density at radius 2 is 1.86 bits per heavy atom. The van der Waals surface area contributed by atoms with Crippen molar-refractivity contribution >= 4 is 11.6 Å². The van der Waals surface area contributed by atoms with E-state index in [0.29, 0.717) is 23.2 Å². The van der Waals surface area contributed by atoms with Gasteiger partial charge >= 0.3 is 0 Å². The van der Waals surface area contributed by atoms with Crippen molar-refractivity contribution in [1.29, 1.82) is 0 Å². The van der Waals surface area contributed by atoms with Gasteiger partial charge in [-0.25, -0.2) is 9.97 Å². The van der Waals surface area contributed by atoms with E-state index >= 15 is 0 Å². The van der Waals surface area contributed by atoms with E-state index in [2.05, 4.69) is 20.2 Å². The van der Waals surface area contributed by atoms with E-state index in [4.69, 9.17) is 16.0 Å². The van der Waals surface area contributed by atoms with Gasteiger partial charge in [-0.2, -0.15) is 0 Å². The molecule has 2 heterocycles. The molecule has 0 aliphatic heterocycles. The number of nitrogens with zero attached hydrogens (tertiary/aromatic N) is 4. The maximum atomic E-state index is 5.86. The molecule has 106 valence electrons. The SMILES string of the molecule is Cc1ncc(-c2nnc(Cc3ccc(Cl)cc3)o2)c(C)n1. The molecular formula is C15H13ClN4O. The Bertz CT molecular complexity index is 768. The van der Waals surface area contributed by atoms with E-state index in [1.807, 2.05) is 38.1 Å². The fourth-order valence-corrected chi connectivity index (χ4v) is 2.13. The Hall–Kier alpha value is -2.27. The number of aryl methyl sites for hydroxylation is 2. The molecule has 6 heteroatoms. The van der Waals surface area contributed by atoms with Crippen LogP contribution < -0.4 is 0 Å². The Labute approximate surface area is 127 Å². The lowest BCUT2D eigenvalue weighted by Crippen LogP contribution is -1.93. The monoisotopic (exact) mass is 300 g/mol. The summed E-state index contributed by atoms with van der Waals surface area (Å²) in [5.41, 5.74) is 2.64. The summed E-state index contributed by atoms with van der Waals surface area (Å²) >= 11 is 5.86. The van der Waals surface area contributed by atoms with Crippen LogP contribution in [0.15, 0.2) is 34.9 Å². The van der Waals surface area contributed by atoms with Crippen molar-refractivity contribution in [2.24, 2.45) is 0 Å². The molecule has 0 N–H and O–H groups in total. The standard InChI is InChI=1S/C15H13ClN4O/c1-9-13(8-17-10(2)18-9)15-20-19-14(21-15)7-11-3-5-12(16)6-4-11/h3-6,8H,7H2,1-2H3. The lowest BCUT2D eigenvalue weighted by Gasteiger charge is -2.00. The maximum absolute atomic E-state index is 5.86. The topological polar surface area (TPSA) is 64.7 Å². The van der Waals surface area contributed by atoms with Crippen molar-refractivity contribution in [3.05, 3.63) is 58.5 Å². The number of benzene rings is 1. The van der Waals surface area contributed by atoms with Crippen LogP contribution in [0.25, 0.3) is 11.5 Å². The molecule has 0 spiro atoms. The molecule has 21 heavy (non-hydrogen) atoms. The third-order valence-corrected chi connectivity index (χ3v) is 3.32. The van der Waals surface area contributed by atoms with Crippen molar-refractivity contribution in [2.75, 3.05) is 0 Å². The highest BCUT2D eigenvalue weighted by Crippen LogP contribution is 2.21. The molecule has 0 fully saturated rings. The van der Waals surface area contributed by atoms with Gasteiger partial charge < -0.3 is 4.42 Å².